The van der Waals surface area contributed by atoms with E-state index in [9.17, 15) is 9.90 Å². The van der Waals surface area contributed by atoms with E-state index in [1.165, 1.54) is 34.7 Å². The van der Waals surface area contributed by atoms with E-state index in [1.807, 2.05) is 13.0 Å². The van der Waals surface area contributed by atoms with Crippen molar-refractivity contribution in [2.24, 2.45) is 0 Å². The number of carboxylic acids is 1. The molecule has 0 saturated heterocycles. The average molecular weight is 435 g/mol. The van der Waals surface area contributed by atoms with Crippen molar-refractivity contribution < 1.29 is 9.90 Å². The summed E-state index contributed by atoms with van der Waals surface area (Å²) < 4.78 is 0. The molecule has 0 atom stereocenters. The molecule has 0 unspecified atom stereocenters. The first kappa shape index (κ1) is 23.5. The molecule has 2 nitrogen and oxygen atoms in total. The van der Waals surface area contributed by atoms with E-state index in [0.717, 1.165) is 11.1 Å². The average Bonchev–Trinajstić information content (AvgIpc) is 2.68. The highest BCUT2D eigenvalue weighted by Gasteiger charge is 2.37. The SMILES string of the molecule is CCc1cc(C=C(c2ccc3c(c2)C(C)(C)CCC3(C)C)[Si](C)(C)C)ccc1C(=O)O. The Labute approximate surface area is 189 Å². The second-order valence-electron chi connectivity index (χ2n) is 11.4. The highest BCUT2D eigenvalue weighted by molar-refractivity contribution is 6.94. The van der Waals surface area contributed by atoms with Crippen LogP contribution in [0.1, 0.15) is 85.6 Å². The van der Waals surface area contributed by atoms with Crippen LogP contribution in [0, 0.1) is 0 Å². The van der Waals surface area contributed by atoms with Gasteiger partial charge in [-0.05, 0) is 64.0 Å². The minimum absolute atomic E-state index is 0.184. The first-order valence-electron chi connectivity index (χ1n) is 11.5. The van der Waals surface area contributed by atoms with Gasteiger partial charge in [0.25, 0.3) is 0 Å². The van der Waals surface area contributed by atoms with Crippen LogP contribution in [0.4, 0.5) is 0 Å². The standard InChI is InChI=1S/C28H38O2Si/c1-9-20-16-19(10-12-22(20)26(29)30)17-25(31(6,7)8)21-11-13-23-24(18-21)28(4,5)15-14-27(23,2)3/h10-13,16-18H,9,14-15H2,1-8H3,(H,29,30). The number of carboxylic acid groups (broad SMARTS) is 1. The molecule has 2 aromatic carbocycles. The van der Waals surface area contributed by atoms with Crippen molar-refractivity contribution in [2.45, 2.75) is 84.4 Å². The molecule has 166 valence electrons. The number of aromatic carboxylic acids is 1. The number of hydrogen-bond donors (Lipinski definition) is 1. The minimum Gasteiger partial charge on any atom is -0.478 e. The molecule has 0 amide bonds. The van der Waals surface area contributed by atoms with E-state index in [2.05, 4.69) is 77.7 Å². The van der Waals surface area contributed by atoms with Gasteiger partial charge < -0.3 is 5.11 Å². The summed E-state index contributed by atoms with van der Waals surface area (Å²) in [5.41, 5.74) is 7.10. The lowest BCUT2D eigenvalue weighted by atomic mass is 9.63. The van der Waals surface area contributed by atoms with E-state index >= 15 is 0 Å². The number of rotatable bonds is 5. The Morgan fingerprint density at radius 2 is 1.58 bits per heavy atom. The van der Waals surface area contributed by atoms with Crippen molar-refractivity contribution in [3.8, 4) is 0 Å². The van der Waals surface area contributed by atoms with Crippen molar-refractivity contribution in [1.29, 1.82) is 0 Å². The highest BCUT2D eigenvalue weighted by Crippen LogP contribution is 2.47. The molecule has 0 aromatic heterocycles. The third-order valence-electron chi connectivity index (χ3n) is 7.02. The molecule has 0 heterocycles. The zero-order valence-corrected chi connectivity index (χ0v) is 21.5. The second kappa shape index (κ2) is 8.09. The topological polar surface area (TPSA) is 37.3 Å². The van der Waals surface area contributed by atoms with Gasteiger partial charge in [-0.25, -0.2) is 4.79 Å². The summed E-state index contributed by atoms with van der Waals surface area (Å²) in [6.07, 6.45) is 5.45. The van der Waals surface area contributed by atoms with Gasteiger partial charge in [0.05, 0.1) is 13.6 Å². The molecule has 0 aliphatic heterocycles. The van der Waals surface area contributed by atoms with Crippen LogP contribution in [0.25, 0.3) is 11.3 Å². The first-order valence-corrected chi connectivity index (χ1v) is 15.0. The van der Waals surface area contributed by atoms with Gasteiger partial charge in [-0.3, -0.25) is 0 Å². The van der Waals surface area contributed by atoms with Crippen LogP contribution in [0.5, 0.6) is 0 Å². The maximum atomic E-state index is 11.5. The van der Waals surface area contributed by atoms with Gasteiger partial charge in [-0.1, -0.05) is 95.9 Å². The van der Waals surface area contributed by atoms with Gasteiger partial charge in [-0.15, -0.1) is 0 Å². The Bertz CT molecular complexity index is 1040. The number of aryl methyl sites for hydroxylation is 1. The number of carbonyl (C=O) groups is 1. The van der Waals surface area contributed by atoms with Crippen LogP contribution < -0.4 is 0 Å². The molecular formula is C28H38O2Si. The maximum absolute atomic E-state index is 11.5. The van der Waals surface area contributed by atoms with Crippen LogP contribution in [-0.2, 0) is 17.3 Å². The van der Waals surface area contributed by atoms with E-state index < -0.39 is 14.0 Å². The Hall–Kier alpha value is -2.13. The molecule has 2 aromatic rings. The summed E-state index contributed by atoms with van der Waals surface area (Å²) in [6, 6.07) is 12.9. The van der Waals surface area contributed by atoms with Crippen molar-refractivity contribution in [2.75, 3.05) is 0 Å². The maximum Gasteiger partial charge on any atom is 0.335 e. The fraction of sp³-hybridized carbons (Fsp3) is 0.464. The number of fused-ring (bicyclic) bond motifs is 1. The molecule has 31 heavy (non-hydrogen) atoms. The highest BCUT2D eigenvalue weighted by atomic mass is 28.3. The molecule has 1 N–H and O–H groups in total. The molecule has 0 radical (unpaired) electrons. The zero-order chi connectivity index (χ0) is 23.2. The largest absolute Gasteiger partial charge is 0.478 e. The summed E-state index contributed by atoms with van der Waals surface area (Å²) in [6.45, 7) is 18.7. The molecule has 0 bridgehead atoms. The summed E-state index contributed by atoms with van der Waals surface area (Å²) >= 11 is 0. The van der Waals surface area contributed by atoms with Gasteiger partial charge in [0, 0.05) is 0 Å². The normalized spacial score (nSPS) is 17.9. The van der Waals surface area contributed by atoms with E-state index in [1.54, 1.807) is 6.07 Å². The molecule has 0 fully saturated rings. The van der Waals surface area contributed by atoms with Crippen LogP contribution in [0.2, 0.25) is 19.6 Å². The van der Waals surface area contributed by atoms with Gasteiger partial charge >= 0.3 is 5.97 Å². The Morgan fingerprint density at radius 1 is 0.968 bits per heavy atom. The fourth-order valence-corrected chi connectivity index (χ4v) is 6.48. The lowest BCUT2D eigenvalue weighted by Gasteiger charge is -2.42. The third kappa shape index (κ3) is 4.72. The van der Waals surface area contributed by atoms with Crippen LogP contribution in [-0.4, -0.2) is 19.1 Å². The van der Waals surface area contributed by atoms with Gasteiger partial charge in [0.2, 0.25) is 0 Å². The predicted molar refractivity (Wildman–Crippen MR) is 136 cm³/mol. The van der Waals surface area contributed by atoms with Gasteiger partial charge in [0.15, 0.2) is 0 Å². The number of hydrogen-bond acceptors (Lipinski definition) is 1. The second-order valence-corrected chi connectivity index (χ2v) is 16.5. The van der Waals surface area contributed by atoms with E-state index in [4.69, 9.17) is 0 Å². The zero-order valence-electron chi connectivity index (χ0n) is 20.5. The quantitative estimate of drug-likeness (QED) is 0.386. The molecule has 0 spiro atoms. The van der Waals surface area contributed by atoms with Crippen LogP contribution in [0.15, 0.2) is 36.4 Å². The monoisotopic (exact) mass is 434 g/mol. The Balaban J connectivity index is 2.17. The molecule has 0 saturated carbocycles. The first-order chi connectivity index (χ1) is 14.3. The van der Waals surface area contributed by atoms with Gasteiger partial charge in [0.1, 0.15) is 0 Å². The summed E-state index contributed by atoms with van der Waals surface area (Å²) in [5.74, 6) is -0.850. The predicted octanol–water partition coefficient (Wildman–Crippen LogP) is 7.71. The fourth-order valence-electron chi connectivity index (χ4n) is 4.86. The summed E-state index contributed by atoms with van der Waals surface area (Å²) in [7, 11) is -1.66. The molecule has 1 aliphatic rings. The molecular weight excluding hydrogens is 396 g/mol. The summed E-state index contributed by atoms with van der Waals surface area (Å²) in [4.78, 5) is 11.5. The van der Waals surface area contributed by atoms with Crippen molar-refractivity contribution in [1.82, 2.24) is 0 Å². The molecule has 3 heteroatoms. The van der Waals surface area contributed by atoms with E-state index in [-0.39, 0.29) is 10.8 Å². The third-order valence-corrected chi connectivity index (χ3v) is 9.07. The lowest BCUT2D eigenvalue weighted by Crippen LogP contribution is -2.34. The smallest absolute Gasteiger partial charge is 0.335 e. The Morgan fingerprint density at radius 3 is 2.13 bits per heavy atom. The minimum atomic E-state index is -1.66. The van der Waals surface area contributed by atoms with E-state index in [0.29, 0.717) is 12.0 Å². The summed E-state index contributed by atoms with van der Waals surface area (Å²) in [5, 5.41) is 10.9. The number of benzene rings is 2. The lowest BCUT2D eigenvalue weighted by molar-refractivity contribution is 0.0695. The van der Waals surface area contributed by atoms with Crippen LogP contribution >= 0.6 is 0 Å². The van der Waals surface area contributed by atoms with Crippen molar-refractivity contribution in [3.05, 3.63) is 69.8 Å². The van der Waals surface area contributed by atoms with Crippen LogP contribution in [0.3, 0.4) is 0 Å². The molecule has 3 rings (SSSR count). The molecule has 1 aliphatic carbocycles. The Kier molecular flexibility index (Phi) is 6.14. The van der Waals surface area contributed by atoms with Gasteiger partial charge in [-0.2, -0.15) is 0 Å². The van der Waals surface area contributed by atoms with Crippen molar-refractivity contribution in [3.63, 3.8) is 0 Å². The van der Waals surface area contributed by atoms with Crippen molar-refractivity contribution >= 4 is 25.3 Å².